The number of benzene rings is 4. The van der Waals surface area contributed by atoms with Gasteiger partial charge in [-0.2, -0.15) is 13.2 Å². The van der Waals surface area contributed by atoms with Crippen molar-refractivity contribution in [3.05, 3.63) is 95.6 Å². The molecule has 2 bridgehead atoms. The highest BCUT2D eigenvalue weighted by Gasteiger charge is 2.39. The van der Waals surface area contributed by atoms with Gasteiger partial charge in [0.25, 0.3) is 0 Å². The monoisotopic (exact) mass is 487 g/mol. The van der Waals surface area contributed by atoms with Gasteiger partial charge in [-0.1, -0.05) is 48.5 Å². The third kappa shape index (κ3) is 4.05. The maximum Gasteiger partial charge on any atom is 0.416 e. The standard InChI is InChI=1S/C30H24F3NO2/c31-30(32,33)24-8-5-18(6-9-24)21-7-10-25-22(13-21)14-23(29(35)36)15-26(25)19-1-3-20(4-2-19)27-11-17-12-28(27)34-16-17/h1-10,13-15,17,27-28,34H,11-12,16H2,(H,35,36)/t17-,27+,28-/m1/s1. The van der Waals surface area contributed by atoms with E-state index < -0.39 is 17.7 Å². The molecule has 4 aromatic carbocycles. The maximum atomic E-state index is 12.9. The molecule has 0 unspecified atom stereocenters. The van der Waals surface area contributed by atoms with Crippen molar-refractivity contribution in [2.75, 3.05) is 6.54 Å². The number of aromatic carboxylic acids is 1. The Morgan fingerprint density at radius 3 is 2.14 bits per heavy atom. The molecule has 1 saturated carbocycles. The normalized spacial score (nSPS) is 21.2. The smallest absolute Gasteiger partial charge is 0.416 e. The van der Waals surface area contributed by atoms with Crippen LogP contribution in [0.3, 0.4) is 0 Å². The minimum absolute atomic E-state index is 0.170. The van der Waals surface area contributed by atoms with Crippen molar-refractivity contribution in [2.45, 2.75) is 31.0 Å². The average molecular weight is 488 g/mol. The molecule has 182 valence electrons. The van der Waals surface area contributed by atoms with Gasteiger partial charge in [-0.25, -0.2) is 4.79 Å². The number of nitrogens with one attached hydrogen (secondary N) is 1. The van der Waals surface area contributed by atoms with E-state index >= 15 is 0 Å². The highest BCUT2D eigenvalue weighted by atomic mass is 19.4. The third-order valence-electron chi connectivity index (χ3n) is 7.72. The minimum Gasteiger partial charge on any atom is -0.478 e. The van der Waals surface area contributed by atoms with Gasteiger partial charge >= 0.3 is 12.1 Å². The van der Waals surface area contributed by atoms with E-state index in [4.69, 9.17) is 0 Å². The van der Waals surface area contributed by atoms with Gasteiger partial charge in [0, 0.05) is 6.04 Å². The molecule has 1 aliphatic carbocycles. The van der Waals surface area contributed by atoms with Gasteiger partial charge in [0.1, 0.15) is 0 Å². The molecule has 0 spiro atoms. The summed E-state index contributed by atoms with van der Waals surface area (Å²) in [6.07, 6.45) is -1.95. The molecule has 1 heterocycles. The van der Waals surface area contributed by atoms with Crippen LogP contribution in [-0.4, -0.2) is 23.7 Å². The summed E-state index contributed by atoms with van der Waals surface area (Å²) < 4.78 is 38.8. The topological polar surface area (TPSA) is 49.3 Å². The average Bonchev–Trinajstić information content (AvgIpc) is 3.51. The number of rotatable bonds is 4. The van der Waals surface area contributed by atoms with E-state index in [9.17, 15) is 23.1 Å². The molecule has 3 atom stereocenters. The quantitative estimate of drug-likeness (QED) is 0.316. The van der Waals surface area contributed by atoms with E-state index in [0.717, 1.165) is 52.1 Å². The maximum absolute atomic E-state index is 12.9. The number of hydrogen-bond donors (Lipinski definition) is 2. The van der Waals surface area contributed by atoms with E-state index in [2.05, 4.69) is 29.6 Å². The highest BCUT2D eigenvalue weighted by molar-refractivity contribution is 6.04. The first-order valence-electron chi connectivity index (χ1n) is 12.1. The van der Waals surface area contributed by atoms with Crippen LogP contribution in [0.4, 0.5) is 13.2 Å². The second-order valence-electron chi connectivity index (χ2n) is 9.92. The molecule has 1 saturated heterocycles. The lowest BCUT2D eigenvalue weighted by molar-refractivity contribution is -0.137. The Kier molecular flexibility index (Phi) is 5.38. The van der Waals surface area contributed by atoms with Crippen molar-refractivity contribution < 1.29 is 23.1 Å². The first-order chi connectivity index (χ1) is 17.3. The van der Waals surface area contributed by atoms with Crippen LogP contribution in [0.2, 0.25) is 0 Å². The first kappa shape index (κ1) is 22.8. The fourth-order valence-corrected chi connectivity index (χ4v) is 5.89. The van der Waals surface area contributed by atoms with Crippen molar-refractivity contribution in [1.82, 2.24) is 5.32 Å². The molecule has 0 radical (unpaired) electrons. The van der Waals surface area contributed by atoms with Crippen LogP contribution in [0.15, 0.2) is 78.9 Å². The van der Waals surface area contributed by atoms with E-state index in [1.54, 1.807) is 12.1 Å². The third-order valence-corrected chi connectivity index (χ3v) is 7.72. The summed E-state index contributed by atoms with van der Waals surface area (Å²) in [7, 11) is 0. The Hall–Kier alpha value is -3.64. The number of alkyl halides is 3. The number of carbonyl (C=O) groups is 1. The largest absolute Gasteiger partial charge is 0.478 e. The fourth-order valence-electron chi connectivity index (χ4n) is 5.89. The van der Waals surface area contributed by atoms with Crippen molar-refractivity contribution in [3.8, 4) is 22.3 Å². The summed E-state index contributed by atoms with van der Waals surface area (Å²) >= 11 is 0. The van der Waals surface area contributed by atoms with Crippen LogP contribution in [0.1, 0.15) is 40.2 Å². The number of carboxylic acid groups (broad SMARTS) is 1. The Labute approximate surface area is 206 Å². The number of hydrogen-bond acceptors (Lipinski definition) is 2. The van der Waals surface area contributed by atoms with E-state index in [-0.39, 0.29) is 5.56 Å². The Bertz CT molecular complexity index is 1460. The van der Waals surface area contributed by atoms with Crippen LogP contribution in [-0.2, 0) is 6.18 Å². The summed E-state index contributed by atoms with van der Waals surface area (Å²) in [4.78, 5) is 11.9. The molecule has 0 aromatic heterocycles. The second kappa shape index (κ2) is 8.49. The molecule has 6 rings (SSSR count). The molecule has 1 aliphatic heterocycles. The lowest BCUT2D eigenvalue weighted by Gasteiger charge is -2.23. The number of piperidine rings is 1. The van der Waals surface area contributed by atoms with Crippen molar-refractivity contribution in [2.24, 2.45) is 5.92 Å². The Morgan fingerprint density at radius 2 is 1.53 bits per heavy atom. The predicted molar refractivity (Wildman–Crippen MR) is 134 cm³/mol. The SMILES string of the molecule is O=C(O)c1cc(-c2ccc([C@@H]3C[C@H]4CN[C@@H]3C4)cc2)c2ccc(-c3ccc(C(F)(F)F)cc3)cc2c1. The number of carboxylic acids is 1. The van der Waals surface area contributed by atoms with Gasteiger partial charge < -0.3 is 10.4 Å². The first-order valence-corrected chi connectivity index (χ1v) is 12.1. The number of halogens is 3. The van der Waals surface area contributed by atoms with Gasteiger partial charge in [0.15, 0.2) is 0 Å². The van der Waals surface area contributed by atoms with Crippen LogP contribution in [0.25, 0.3) is 33.0 Å². The molecule has 2 fully saturated rings. The summed E-state index contributed by atoms with van der Waals surface area (Å²) in [5.74, 6) is 0.253. The van der Waals surface area contributed by atoms with Crippen LogP contribution in [0, 0.1) is 5.92 Å². The van der Waals surface area contributed by atoms with Crippen molar-refractivity contribution >= 4 is 16.7 Å². The van der Waals surface area contributed by atoms with Crippen LogP contribution < -0.4 is 5.32 Å². The lowest BCUT2D eigenvalue weighted by Crippen LogP contribution is -2.31. The van der Waals surface area contributed by atoms with E-state index in [1.807, 2.05) is 18.2 Å². The molecule has 0 amide bonds. The molecule has 36 heavy (non-hydrogen) atoms. The molecular weight excluding hydrogens is 463 g/mol. The molecule has 6 heteroatoms. The second-order valence-corrected chi connectivity index (χ2v) is 9.92. The summed E-state index contributed by atoms with van der Waals surface area (Å²) in [5, 5.41) is 15.0. The van der Waals surface area contributed by atoms with Gasteiger partial charge in [-0.15, -0.1) is 0 Å². The molecule has 3 nitrogen and oxygen atoms in total. The summed E-state index contributed by atoms with van der Waals surface area (Å²) in [5.41, 5.74) is 3.89. The zero-order valence-electron chi connectivity index (χ0n) is 19.3. The van der Waals surface area contributed by atoms with Crippen LogP contribution >= 0.6 is 0 Å². The Balaban J connectivity index is 1.38. The van der Waals surface area contributed by atoms with E-state index in [0.29, 0.717) is 17.5 Å². The van der Waals surface area contributed by atoms with Gasteiger partial charge in [-0.05, 0) is 100 Å². The zero-order valence-corrected chi connectivity index (χ0v) is 19.3. The fraction of sp³-hybridized carbons (Fsp3) is 0.233. The Morgan fingerprint density at radius 1 is 0.833 bits per heavy atom. The number of fused-ring (bicyclic) bond motifs is 3. The summed E-state index contributed by atoms with van der Waals surface area (Å²) in [6.45, 7) is 1.11. The highest BCUT2D eigenvalue weighted by Crippen LogP contribution is 2.43. The molecule has 2 N–H and O–H groups in total. The molecule has 2 aliphatic rings. The van der Waals surface area contributed by atoms with Gasteiger partial charge in [-0.3, -0.25) is 0 Å². The van der Waals surface area contributed by atoms with E-state index in [1.165, 1.54) is 30.5 Å². The van der Waals surface area contributed by atoms with Crippen LogP contribution in [0.5, 0.6) is 0 Å². The molecular formula is C30H24F3NO2. The predicted octanol–water partition coefficient (Wildman–Crippen LogP) is 7.36. The zero-order chi connectivity index (χ0) is 25.0. The molecule has 4 aromatic rings. The van der Waals surface area contributed by atoms with Crippen molar-refractivity contribution in [1.29, 1.82) is 0 Å². The minimum atomic E-state index is -4.39. The van der Waals surface area contributed by atoms with Crippen molar-refractivity contribution in [3.63, 3.8) is 0 Å². The summed E-state index contributed by atoms with van der Waals surface area (Å²) in [6, 6.07) is 22.9. The van der Waals surface area contributed by atoms with Gasteiger partial charge in [0.05, 0.1) is 11.1 Å². The lowest BCUT2D eigenvalue weighted by atomic mass is 9.89. The van der Waals surface area contributed by atoms with Gasteiger partial charge in [0.2, 0.25) is 0 Å².